The minimum absolute atomic E-state index is 0.641. The fourth-order valence-electron chi connectivity index (χ4n) is 2.39. The van der Waals surface area contributed by atoms with E-state index in [0.717, 1.165) is 46.3 Å². The van der Waals surface area contributed by atoms with Crippen molar-refractivity contribution in [2.75, 3.05) is 5.73 Å². The molecule has 2 aromatic carbocycles. The fraction of sp³-hybridized carbons (Fsp3) is 0.235. The average molecular weight is 278 g/mol. The number of anilines is 1. The highest BCUT2D eigenvalue weighted by Gasteiger charge is 2.06. The molecule has 1 aromatic heterocycles. The van der Waals surface area contributed by atoms with Gasteiger partial charge in [0, 0.05) is 5.71 Å². The number of hydrogen-bond acceptors (Lipinski definition) is 4. The zero-order chi connectivity index (χ0) is 14.8. The van der Waals surface area contributed by atoms with Crippen molar-refractivity contribution >= 4 is 39.2 Å². The summed E-state index contributed by atoms with van der Waals surface area (Å²) in [5.74, 6) is 0. The Labute approximate surface area is 123 Å². The number of benzene rings is 2. The summed E-state index contributed by atoms with van der Waals surface area (Å²) in [6, 6.07) is 11.6. The molecule has 0 radical (unpaired) electrons. The van der Waals surface area contributed by atoms with E-state index >= 15 is 0 Å². The molecule has 0 unspecified atom stereocenters. The number of rotatable bonds is 3. The van der Waals surface area contributed by atoms with Gasteiger partial charge >= 0.3 is 0 Å². The van der Waals surface area contributed by atoms with Gasteiger partial charge in [-0.25, -0.2) is 9.97 Å². The molecule has 2 N–H and O–H groups in total. The quantitative estimate of drug-likeness (QED) is 0.442. The van der Waals surface area contributed by atoms with Gasteiger partial charge in [0.1, 0.15) is 0 Å². The maximum Gasteiger partial charge on any atom is 0.0917 e. The van der Waals surface area contributed by atoms with E-state index in [0.29, 0.717) is 5.69 Å². The Morgan fingerprint density at radius 1 is 1.05 bits per heavy atom. The minimum Gasteiger partial charge on any atom is -0.397 e. The first-order chi connectivity index (χ1) is 10.2. The number of fused-ring (bicyclic) bond motifs is 2. The summed E-state index contributed by atoms with van der Waals surface area (Å²) >= 11 is 0. The van der Waals surface area contributed by atoms with Crippen LogP contribution in [0.25, 0.3) is 22.1 Å². The van der Waals surface area contributed by atoms with Crippen molar-refractivity contribution in [1.29, 1.82) is 0 Å². The number of para-hydroxylation sites is 2. The van der Waals surface area contributed by atoms with Crippen molar-refractivity contribution < 1.29 is 0 Å². The summed E-state index contributed by atoms with van der Waals surface area (Å²) in [5.41, 5.74) is 12.0. The number of hydrogen-bond donors (Lipinski definition) is 1. The van der Waals surface area contributed by atoms with E-state index in [1.165, 1.54) is 0 Å². The highest BCUT2D eigenvalue weighted by molar-refractivity contribution is 5.93. The van der Waals surface area contributed by atoms with Gasteiger partial charge in [-0.3, -0.25) is 4.99 Å². The SMILES string of the molecule is CCCC(C)=Nc1cc2nc3ccccc3nc2cc1N. The number of nitrogens with two attached hydrogens (primary N) is 1. The summed E-state index contributed by atoms with van der Waals surface area (Å²) in [4.78, 5) is 13.9. The van der Waals surface area contributed by atoms with Gasteiger partial charge in [-0.15, -0.1) is 0 Å². The van der Waals surface area contributed by atoms with Crippen LogP contribution in [0, 0.1) is 0 Å². The maximum atomic E-state index is 6.10. The van der Waals surface area contributed by atoms with Crippen LogP contribution in [0.15, 0.2) is 41.4 Å². The van der Waals surface area contributed by atoms with Crippen LogP contribution < -0.4 is 5.73 Å². The van der Waals surface area contributed by atoms with Crippen molar-refractivity contribution in [3.8, 4) is 0 Å². The van der Waals surface area contributed by atoms with Gasteiger partial charge in [0.15, 0.2) is 0 Å². The second-order valence-corrected chi connectivity index (χ2v) is 5.21. The fourth-order valence-corrected chi connectivity index (χ4v) is 2.39. The lowest BCUT2D eigenvalue weighted by molar-refractivity contribution is 0.988. The number of nitrogen functional groups attached to an aromatic ring is 1. The molecule has 0 saturated carbocycles. The molecular weight excluding hydrogens is 260 g/mol. The molecule has 0 fully saturated rings. The topological polar surface area (TPSA) is 64.2 Å². The normalized spacial score (nSPS) is 12.2. The molecule has 0 aliphatic heterocycles. The van der Waals surface area contributed by atoms with E-state index in [9.17, 15) is 0 Å². The summed E-state index contributed by atoms with van der Waals surface area (Å²) in [6.07, 6.45) is 2.05. The largest absolute Gasteiger partial charge is 0.397 e. The third-order valence-corrected chi connectivity index (χ3v) is 3.41. The molecule has 3 aromatic rings. The Morgan fingerprint density at radius 2 is 1.67 bits per heavy atom. The summed E-state index contributed by atoms with van der Waals surface area (Å²) in [6.45, 7) is 4.17. The van der Waals surface area contributed by atoms with E-state index in [1.807, 2.05) is 43.3 Å². The molecule has 1 heterocycles. The molecule has 0 spiro atoms. The van der Waals surface area contributed by atoms with Crippen molar-refractivity contribution in [1.82, 2.24) is 9.97 Å². The molecule has 106 valence electrons. The molecule has 0 saturated heterocycles. The van der Waals surface area contributed by atoms with Gasteiger partial charge in [-0.2, -0.15) is 0 Å². The Morgan fingerprint density at radius 3 is 2.29 bits per heavy atom. The van der Waals surface area contributed by atoms with Gasteiger partial charge in [0.25, 0.3) is 0 Å². The van der Waals surface area contributed by atoms with Crippen LogP contribution in [0.4, 0.5) is 11.4 Å². The van der Waals surface area contributed by atoms with Gasteiger partial charge < -0.3 is 5.73 Å². The number of aromatic nitrogens is 2. The van der Waals surface area contributed by atoms with Gasteiger partial charge in [0.2, 0.25) is 0 Å². The van der Waals surface area contributed by atoms with Crippen LogP contribution in [0.3, 0.4) is 0 Å². The third-order valence-electron chi connectivity index (χ3n) is 3.41. The van der Waals surface area contributed by atoms with Crippen molar-refractivity contribution in [3.05, 3.63) is 36.4 Å². The average Bonchev–Trinajstić information content (AvgIpc) is 2.46. The molecular formula is C17H18N4. The first kappa shape index (κ1) is 13.5. The molecule has 3 rings (SSSR count). The smallest absolute Gasteiger partial charge is 0.0917 e. The van der Waals surface area contributed by atoms with E-state index in [1.54, 1.807) is 0 Å². The summed E-state index contributed by atoms with van der Waals surface area (Å²) in [5, 5.41) is 0. The Kier molecular flexibility index (Phi) is 3.52. The summed E-state index contributed by atoms with van der Waals surface area (Å²) < 4.78 is 0. The molecule has 4 heteroatoms. The van der Waals surface area contributed by atoms with Gasteiger partial charge in [-0.05, 0) is 37.6 Å². The monoisotopic (exact) mass is 278 g/mol. The first-order valence-corrected chi connectivity index (χ1v) is 7.17. The lowest BCUT2D eigenvalue weighted by Gasteiger charge is -2.06. The van der Waals surface area contributed by atoms with E-state index in [4.69, 9.17) is 5.73 Å². The number of nitrogens with zero attached hydrogens (tertiary/aromatic N) is 3. The zero-order valence-corrected chi connectivity index (χ0v) is 12.3. The molecule has 0 bridgehead atoms. The van der Waals surface area contributed by atoms with Crippen LogP contribution in [0.1, 0.15) is 26.7 Å². The van der Waals surface area contributed by atoms with Crippen LogP contribution in [-0.4, -0.2) is 15.7 Å². The van der Waals surface area contributed by atoms with Crippen molar-refractivity contribution in [2.45, 2.75) is 26.7 Å². The highest BCUT2D eigenvalue weighted by Crippen LogP contribution is 2.28. The predicted octanol–water partition coefficient (Wildman–Crippen LogP) is 4.26. The van der Waals surface area contributed by atoms with Gasteiger partial charge in [0.05, 0.1) is 33.4 Å². The van der Waals surface area contributed by atoms with Crippen LogP contribution in [-0.2, 0) is 0 Å². The highest BCUT2D eigenvalue weighted by atomic mass is 14.8. The van der Waals surface area contributed by atoms with E-state index in [-0.39, 0.29) is 0 Å². The Balaban J connectivity index is 2.17. The van der Waals surface area contributed by atoms with E-state index in [2.05, 4.69) is 21.9 Å². The van der Waals surface area contributed by atoms with Crippen molar-refractivity contribution in [2.24, 2.45) is 4.99 Å². The second kappa shape index (κ2) is 5.48. The van der Waals surface area contributed by atoms with Crippen LogP contribution in [0.5, 0.6) is 0 Å². The standard InChI is InChI=1S/C17H18N4/c1-3-6-11(2)19-15-10-17-16(9-12(15)18)20-13-7-4-5-8-14(13)21-17/h4-5,7-10H,3,6,18H2,1-2H3. The molecule has 0 atom stereocenters. The molecule has 21 heavy (non-hydrogen) atoms. The molecule has 0 amide bonds. The molecule has 0 aliphatic rings. The molecule has 4 nitrogen and oxygen atoms in total. The lowest BCUT2D eigenvalue weighted by Crippen LogP contribution is -1.94. The first-order valence-electron chi connectivity index (χ1n) is 7.17. The minimum atomic E-state index is 0.641. The Hall–Kier alpha value is -2.49. The predicted molar refractivity (Wildman–Crippen MR) is 89.1 cm³/mol. The second-order valence-electron chi connectivity index (χ2n) is 5.21. The van der Waals surface area contributed by atoms with Crippen molar-refractivity contribution in [3.63, 3.8) is 0 Å². The zero-order valence-electron chi connectivity index (χ0n) is 12.3. The lowest BCUT2D eigenvalue weighted by atomic mass is 10.2. The maximum absolute atomic E-state index is 6.10. The van der Waals surface area contributed by atoms with E-state index < -0.39 is 0 Å². The van der Waals surface area contributed by atoms with Crippen LogP contribution >= 0.6 is 0 Å². The van der Waals surface area contributed by atoms with Gasteiger partial charge in [-0.1, -0.05) is 25.5 Å². The molecule has 0 aliphatic carbocycles. The van der Waals surface area contributed by atoms with Crippen LogP contribution in [0.2, 0.25) is 0 Å². The summed E-state index contributed by atoms with van der Waals surface area (Å²) in [7, 11) is 0. The third kappa shape index (κ3) is 2.70. The number of aliphatic imine (C=N–C) groups is 1. The Bertz CT molecular complexity index is 837.